The summed E-state index contributed by atoms with van der Waals surface area (Å²) >= 11 is 0. The molecule has 0 bridgehead atoms. The fourth-order valence-corrected chi connectivity index (χ4v) is 9.40. The summed E-state index contributed by atoms with van der Waals surface area (Å²) in [5.41, 5.74) is 1.18. The minimum Gasteiger partial charge on any atom is -0.396 e. The van der Waals surface area contributed by atoms with Crippen LogP contribution in [0.5, 0.6) is 0 Å². The Labute approximate surface area is 175 Å². The summed E-state index contributed by atoms with van der Waals surface area (Å²) in [6, 6.07) is 0. The highest BCUT2D eigenvalue weighted by atomic mass is 16.7. The van der Waals surface area contributed by atoms with Crippen LogP contribution in [0.4, 0.5) is 0 Å². The van der Waals surface area contributed by atoms with Gasteiger partial charge in [0.25, 0.3) is 0 Å². The highest BCUT2D eigenvalue weighted by Crippen LogP contribution is 2.77. The average Bonchev–Trinajstić information content (AvgIpc) is 3.37. The van der Waals surface area contributed by atoms with E-state index in [-0.39, 0.29) is 17.8 Å². The van der Waals surface area contributed by atoms with Gasteiger partial charge in [-0.15, -0.1) is 0 Å². The third-order valence-electron chi connectivity index (χ3n) is 10.5. The van der Waals surface area contributed by atoms with E-state index in [0.717, 1.165) is 63.1 Å². The van der Waals surface area contributed by atoms with Gasteiger partial charge < -0.3 is 19.7 Å². The van der Waals surface area contributed by atoms with E-state index in [1.165, 1.54) is 32.1 Å². The lowest BCUT2D eigenvalue weighted by molar-refractivity contribution is -0.181. The molecule has 6 rings (SSSR count). The first kappa shape index (κ1) is 19.3. The molecule has 4 heteroatoms. The van der Waals surface area contributed by atoms with E-state index in [1.54, 1.807) is 5.57 Å². The standard InChI is InChI=1S/C25H38O4/c1-2-23-9-6-18-17-7-10-24(28-12-13-29-24)15-16(17)4-5-19(18)22(23)20-14-21(20)25(23,27)8-3-11-26/h4,17-22,26-27H,2-3,5-15H2,1H3/t17-,18+,19+,20+,21-,22+,23-,25-/m0/s1. The number of aliphatic hydroxyl groups excluding tert-OH is 1. The summed E-state index contributed by atoms with van der Waals surface area (Å²) in [6.45, 7) is 4.03. The first-order chi connectivity index (χ1) is 14.1. The van der Waals surface area contributed by atoms with Crippen LogP contribution in [0.1, 0.15) is 71.1 Å². The van der Waals surface area contributed by atoms with Gasteiger partial charge in [-0.05, 0) is 86.9 Å². The van der Waals surface area contributed by atoms with Crippen molar-refractivity contribution in [2.45, 2.75) is 82.5 Å². The number of aliphatic hydroxyl groups is 2. The normalized spacial score (nSPS) is 51.8. The van der Waals surface area contributed by atoms with E-state index in [2.05, 4.69) is 13.0 Å². The van der Waals surface area contributed by atoms with Crippen LogP contribution in [-0.4, -0.2) is 41.4 Å². The monoisotopic (exact) mass is 402 g/mol. The highest BCUT2D eigenvalue weighted by molar-refractivity contribution is 5.28. The maximum atomic E-state index is 12.0. The van der Waals surface area contributed by atoms with E-state index in [4.69, 9.17) is 9.47 Å². The molecule has 1 heterocycles. The van der Waals surface area contributed by atoms with Gasteiger partial charge in [-0.25, -0.2) is 0 Å². The summed E-state index contributed by atoms with van der Waals surface area (Å²) in [6.07, 6.45) is 13.3. The van der Waals surface area contributed by atoms with Crippen LogP contribution in [0, 0.1) is 40.9 Å². The zero-order valence-corrected chi connectivity index (χ0v) is 17.9. The molecule has 4 saturated carbocycles. The first-order valence-electron chi connectivity index (χ1n) is 12.4. The third-order valence-corrected chi connectivity index (χ3v) is 10.5. The first-order valence-corrected chi connectivity index (χ1v) is 12.4. The van der Waals surface area contributed by atoms with Gasteiger partial charge in [-0.3, -0.25) is 0 Å². The molecule has 1 aliphatic heterocycles. The number of ether oxygens (including phenoxy) is 2. The third kappa shape index (κ3) is 2.46. The molecular formula is C25H38O4. The predicted octanol–water partition coefficient (Wildman–Crippen LogP) is 4.05. The quantitative estimate of drug-likeness (QED) is 0.697. The van der Waals surface area contributed by atoms with E-state index < -0.39 is 5.60 Å². The largest absolute Gasteiger partial charge is 0.396 e. The van der Waals surface area contributed by atoms with Crippen LogP contribution in [0.2, 0.25) is 0 Å². The molecule has 1 saturated heterocycles. The zero-order valence-electron chi connectivity index (χ0n) is 17.9. The molecule has 29 heavy (non-hydrogen) atoms. The van der Waals surface area contributed by atoms with Crippen molar-refractivity contribution in [1.82, 2.24) is 0 Å². The van der Waals surface area contributed by atoms with Gasteiger partial charge in [0.2, 0.25) is 0 Å². The minimum atomic E-state index is -0.531. The molecule has 162 valence electrons. The fourth-order valence-electron chi connectivity index (χ4n) is 9.40. The summed E-state index contributed by atoms with van der Waals surface area (Å²) in [7, 11) is 0. The molecule has 0 aromatic heterocycles. The van der Waals surface area contributed by atoms with Crippen molar-refractivity contribution < 1.29 is 19.7 Å². The van der Waals surface area contributed by atoms with Crippen LogP contribution in [-0.2, 0) is 9.47 Å². The summed E-state index contributed by atoms with van der Waals surface area (Å²) in [5.74, 6) is 3.86. The topological polar surface area (TPSA) is 58.9 Å². The molecule has 0 aromatic carbocycles. The molecule has 4 nitrogen and oxygen atoms in total. The van der Waals surface area contributed by atoms with Crippen LogP contribution >= 0.6 is 0 Å². The van der Waals surface area contributed by atoms with E-state index in [1.807, 2.05) is 0 Å². The second-order valence-electron chi connectivity index (χ2n) is 11.1. The predicted molar refractivity (Wildman–Crippen MR) is 110 cm³/mol. The van der Waals surface area contributed by atoms with E-state index in [0.29, 0.717) is 17.8 Å². The zero-order chi connectivity index (χ0) is 19.9. The lowest BCUT2D eigenvalue weighted by Crippen LogP contribution is -2.56. The maximum absolute atomic E-state index is 12.0. The molecule has 1 spiro atoms. The van der Waals surface area contributed by atoms with Gasteiger partial charge in [-0.1, -0.05) is 18.6 Å². The summed E-state index contributed by atoms with van der Waals surface area (Å²) < 4.78 is 12.1. The Balaban J connectivity index is 1.30. The number of allylic oxidation sites excluding steroid dienone is 1. The fraction of sp³-hybridized carbons (Fsp3) is 0.920. The van der Waals surface area contributed by atoms with Crippen molar-refractivity contribution >= 4 is 0 Å². The molecule has 0 amide bonds. The Hall–Kier alpha value is -0.420. The molecule has 5 aliphatic carbocycles. The molecule has 8 atom stereocenters. The van der Waals surface area contributed by atoms with Gasteiger partial charge in [0.05, 0.1) is 18.8 Å². The Bertz CT molecular complexity index is 697. The Kier molecular flexibility index (Phi) is 4.35. The van der Waals surface area contributed by atoms with Gasteiger partial charge in [0, 0.05) is 24.9 Å². The van der Waals surface area contributed by atoms with Gasteiger partial charge in [0.1, 0.15) is 0 Å². The lowest BCUT2D eigenvalue weighted by atomic mass is 9.48. The molecule has 0 unspecified atom stereocenters. The smallest absolute Gasteiger partial charge is 0.172 e. The SMILES string of the molecule is CC[C@]12CC[C@H]3[C@@H](CC=C4CC5(CC[C@@H]43)OCCO5)[C@@H]1[C@@H]1C[C@@H]1[C@@]2(O)CCCO. The van der Waals surface area contributed by atoms with Crippen LogP contribution in [0.15, 0.2) is 11.6 Å². The Morgan fingerprint density at radius 1 is 1.10 bits per heavy atom. The molecule has 0 radical (unpaired) electrons. The minimum absolute atomic E-state index is 0.0931. The van der Waals surface area contributed by atoms with Crippen molar-refractivity contribution in [1.29, 1.82) is 0 Å². The summed E-state index contributed by atoms with van der Waals surface area (Å²) in [5, 5.41) is 21.4. The second kappa shape index (κ2) is 6.54. The number of rotatable bonds is 4. The maximum Gasteiger partial charge on any atom is 0.172 e. The molecule has 6 aliphatic rings. The van der Waals surface area contributed by atoms with Crippen molar-refractivity contribution in [3.63, 3.8) is 0 Å². The lowest BCUT2D eigenvalue weighted by Gasteiger charge is -2.58. The van der Waals surface area contributed by atoms with Gasteiger partial charge in [0.15, 0.2) is 5.79 Å². The molecule has 0 aromatic rings. The second-order valence-corrected chi connectivity index (χ2v) is 11.1. The number of fused-ring (bicyclic) bond motifs is 7. The van der Waals surface area contributed by atoms with Crippen LogP contribution < -0.4 is 0 Å². The van der Waals surface area contributed by atoms with E-state index >= 15 is 0 Å². The number of hydrogen-bond acceptors (Lipinski definition) is 4. The highest BCUT2D eigenvalue weighted by Gasteiger charge is 2.76. The molecular weight excluding hydrogens is 364 g/mol. The van der Waals surface area contributed by atoms with Crippen molar-refractivity contribution in [3.8, 4) is 0 Å². The van der Waals surface area contributed by atoms with Crippen molar-refractivity contribution in [2.24, 2.45) is 40.9 Å². The average molecular weight is 403 g/mol. The van der Waals surface area contributed by atoms with Gasteiger partial charge in [-0.2, -0.15) is 0 Å². The number of hydrogen-bond donors (Lipinski definition) is 2. The van der Waals surface area contributed by atoms with Crippen LogP contribution in [0.3, 0.4) is 0 Å². The molecule has 5 fully saturated rings. The van der Waals surface area contributed by atoms with Gasteiger partial charge >= 0.3 is 0 Å². The van der Waals surface area contributed by atoms with E-state index in [9.17, 15) is 10.2 Å². The Morgan fingerprint density at radius 2 is 1.93 bits per heavy atom. The summed E-state index contributed by atoms with van der Waals surface area (Å²) in [4.78, 5) is 0. The van der Waals surface area contributed by atoms with Crippen molar-refractivity contribution in [3.05, 3.63) is 11.6 Å². The Morgan fingerprint density at radius 3 is 2.69 bits per heavy atom. The van der Waals surface area contributed by atoms with Crippen molar-refractivity contribution in [2.75, 3.05) is 19.8 Å². The molecule has 2 N–H and O–H groups in total. The van der Waals surface area contributed by atoms with Crippen LogP contribution in [0.25, 0.3) is 0 Å².